The van der Waals surface area contributed by atoms with Gasteiger partial charge in [0.25, 0.3) is 0 Å². The molecule has 0 amide bonds. The summed E-state index contributed by atoms with van der Waals surface area (Å²) in [7, 11) is 0. The molecule has 2 aromatic carbocycles. The molecular weight excluding hydrogens is 565 g/mol. The number of nitrogens with one attached hydrogen (secondary N) is 1. The number of fused-ring (bicyclic) bond motifs is 3. The van der Waals surface area contributed by atoms with E-state index in [9.17, 15) is 23.1 Å². The van der Waals surface area contributed by atoms with E-state index in [2.05, 4.69) is 15.4 Å². The van der Waals surface area contributed by atoms with Crippen molar-refractivity contribution in [1.29, 1.82) is 0 Å². The fourth-order valence-corrected chi connectivity index (χ4v) is 8.07. The second kappa shape index (κ2) is 9.54. The number of halogens is 3. The SMILES string of the molecule is O=C(O)c1cc(C2CC2)c2nc(N3C4CC(NCc5c(-c6ccccc6C(F)(F)F)noc5C5CC5)CC3C4)sc2c1. The first-order chi connectivity index (χ1) is 20.2. The first-order valence-corrected chi connectivity index (χ1v) is 15.4. The lowest BCUT2D eigenvalue weighted by Crippen LogP contribution is -2.64. The summed E-state index contributed by atoms with van der Waals surface area (Å²) in [6.07, 6.45) is 2.48. The van der Waals surface area contributed by atoms with Crippen LogP contribution in [0.3, 0.4) is 0 Å². The van der Waals surface area contributed by atoms with Crippen molar-refractivity contribution >= 4 is 32.7 Å². The van der Waals surface area contributed by atoms with Crippen LogP contribution in [0.1, 0.15) is 89.6 Å². The molecule has 4 aromatic rings. The number of carboxylic acid groups (broad SMARTS) is 1. The Kier molecular flexibility index (Phi) is 5.95. The molecule has 5 aliphatic rings. The number of carbonyl (C=O) groups is 1. The van der Waals surface area contributed by atoms with Crippen molar-refractivity contribution in [3.8, 4) is 11.3 Å². The van der Waals surface area contributed by atoms with Crippen LogP contribution in [0.2, 0.25) is 0 Å². The number of alkyl halides is 3. The lowest BCUT2D eigenvalue weighted by atomic mass is 9.77. The van der Waals surface area contributed by atoms with Crippen molar-refractivity contribution in [3.05, 3.63) is 64.4 Å². The van der Waals surface area contributed by atoms with Crippen LogP contribution in [0.5, 0.6) is 0 Å². The van der Waals surface area contributed by atoms with E-state index in [1.807, 2.05) is 0 Å². The second-order valence-corrected chi connectivity index (χ2v) is 13.2. The van der Waals surface area contributed by atoms with Crippen molar-refractivity contribution < 1.29 is 27.6 Å². The Hall–Kier alpha value is -3.44. The Morgan fingerprint density at radius 1 is 1.07 bits per heavy atom. The molecule has 4 heterocycles. The molecule has 42 heavy (non-hydrogen) atoms. The van der Waals surface area contributed by atoms with E-state index >= 15 is 0 Å². The first-order valence-electron chi connectivity index (χ1n) is 14.6. The minimum Gasteiger partial charge on any atom is -0.478 e. The zero-order valence-electron chi connectivity index (χ0n) is 22.7. The second-order valence-electron chi connectivity index (χ2n) is 12.2. The number of benzene rings is 2. The summed E-state index contributed by atoms with van der Waals surface area (Å²) < 4.78 is 48.1. The summed E-state index contributed by atoms with van der Waals surface area (Å²) >= 11 is 1.57. The third-order valence-electron chi connectivity index (χ3n) is 9.26. The summed E-state index contributed by atoms with van der Waals surface area (Å²) in [6.45, 7) is 0.408. The molecular formula is C31H29F3N4O3S. The number of anilines is 1. The molecule has 5 fully saturated rings. The van der Waals surface area contributed by atoms with Gasteiger partial charge in [-0.05, 0) is 74.6 Å². The highest BCUT2D eigenvalue weighted by molar-refractivity contribution is 7.22. The van der Waals surface area contributed by atoms with Gasteiger partial charge in [-0.15, -0.1) is 0 Å². The molecule has 3 saturated carbocycles. The van der Waals surface area contributed by atoms with Crippen LogP contribution in [-0.2, 0) is 12.7 Å². The Morgan fingerprint density at radius 2 is 1.81 bits per heavy atom. The molecule has 2 aliphatic heterocycles. The van der Waals surface area contributed by atoms with E-state index in [4.69, 9.17) is 9.51 Å². The fourth-order valence-electron chi connectivity index (χ4n) is 6.89. The maximum Gasteiger partial charge on any atom is 0.417 e. The van der Waals surface area contributed by atoms with Gasteiger partial charge in [0.05, 0.1) is 21.3 Å². The van der Waals surface area contributed by atoms with E-state index in [0.717, 1.165) is 77.5 Å². The third kappa shape index (κ3) is 4.48. The molecule has 2 unspecified atom stereocenters. The lowest BCUT2D eigenvalue weighted by Gasteiger charge is -2.55. The minimum absolute atomic E-state index is 0.0579. The maximum absolute atomic E-state index is 13.8. The van der Waals surface area contributed by atoms with Crippen LogP contribution in [0.4, 0.5) is 18.3 Å². The van der Waals surface area contributed by atoms with Crippen molar-refractivity contribution in [2.75, 3.05) is 4.90 Å². The first kappa shape index (κ1) is 26.2. The van der Waals surface area contributed by atoms with E-state index < -0.39 is 17.7 Å². The normalized spacial score (nSPS) is 23.8. The van der Waals surface area contributed by atoms with Crippen LogP contribution in [0.25, 0.3) is 21.5 Å². The molecule has 9 rings (SSSR count). The van der Waals surface area contributed by atoms with E-state index in [1.165, 1.54) is 12.1 Å². The van der Waals surface area contributed by atoms with Crippen LogP contribution < -0.4 is 10.2 Å². The van der Waals surface area contributed by atoms with Crippen molar-refractivity contribution in [1.82, 2.24) is 15.5 Å². The van der Waals surface area contributed by atoms with Gasteiger partial charge in [-0.1, -0.05) is 34.7 Å². The minimum atomic E-state index is -4.48. The number of hydrogen-bond acceptors (Lipinski definition) is 7. The number of aromatic carboxylic acids is 1. The topological polar surface area (TPSA) is 91.5 Å². The van der Waals surface area contributed by atoms with Crippen LogP contribution in [0.15, 0.2) is 40.9 Å². The summed E-state index contributed by atoms with van der Waals surface area (Å²) in [4.78, 5) is 19.1. The monoisotopic (exact) mass is 594 g/mol. The summed E-state index contributed by atoms with van der Waals surface area (Å²) in [5.41, 5.74) is 2.69. The van der Waals surface area contributed by atoms with Gasteiger partial charge in [-0.2, -0.15) is 13.2 Å². The molecule has 11 heteroatoms. The van der Waals surface area contributed by atoms with Gasteiger partial charge in [-0.3, -0.25) is 0 Å². The van der Waals surface area contributed by atoms with Gasteiger partial charge in [0.1, 0.15) is 11.5 Å². The number of piperidine rings is 1. The predicted molar refractivity (Wildman–Crippen MR) is 152 cm³/mol. The summed E-state index contributed by atoms with van der Waals surface area (Å²) in [5, 5.41) is 18.4. The average molecular weight is 595 g/mol. The lowest BCUT2D eigenvalue weighted by molar-refractivity contribution is -0.137. The van der Waals surface area contributed by atoms with Crippen molar-refractivity contribution in [3.63, 3.8) is 0 Å². The number of rotatable bonds is 8. The number of nitrogens with zero attached hydrogens (tertiary/aromatic N) is 3. The molecule has 2 bridgehead atoms. The van der Waals surface area contributed by atoms with Crippen LogP contribution in [0, 0.1) is 0 Å². The van der Waals surface area contributed by atoms with Crippen molar-refractivity contribution in [2.24, 2.45) is 0 Å². The highest BCUT2D eigenvalue weighted by Gasteiger charge is 2.47. The molecule has 2 saturated heterocycles. The van der Waals surface area contributed by atoms with Gasteiger partial charge >= 0.3 is 12.1 Å². The Labute approximate surface area is 243 Å². The van der Waals surface area contributed by atoms with Gasteiger partial charge in [0.15, 0.2) is 5.13 Å². The highest BCUT2D eigenvalue weighted by Crippen LogP contribution is 2.49. The molecule has 2 aromatic heterocycles. The highest BCUT2D eigenvalue weighted by atomic mass is 32.1. The quantitative estimate of drug-likeness (QED) is 0.221. The number of aromatic nitrogens is 2. The average Bonchev–Trinajstić information content (AvgIpc) is 3.90. The van der Waals surface area contributed by atoms with Gasteiger partial charge in [0, 0.05) is 41.7 Å². The largest absolute Gasteiger partial charge is 0.478 e. The maximum atomic E-state index is 13.8. The molecule has 2 N–H and O–H groups in total. The fraction of sp³-hybridized carbons (Fsp3) is 0.452. The Morgan fingerprint density at radius 3 is 2.50 bits per heavy atom. The number of thiazole rings is 1. The number of carboxylic acids is 1. The third-order valence-corrected chi connectivity index (χ3v) is 10.3. The van der Waals surface area contributed by atoms with E-state index in [-0.39, 0.29) is 23.2 Å². The standard InChI is InChI=1S/C31H29F3N4O3S/c32-31(33,34)24-4-2-1-3-21(24)26-23(28(41-37-26)16-7-8-16)14-35-18-11-19-13-20(12-18)38(19)30-36-27-22(15-5-6-15)9-17(29(39)40)10-25(27)42-30/h1-4,9-10,15-16,18-20,35H,5-8,11-14H2,(H,39,40). The molecule has 0 radical (unpaired) electrons. The van der Waals surface area contributed by atoms with Gasteiger partial charge in [-0.25, -0.2) is 9.78 Å². The smallest absolute Gasteiger partial charge is 0.417 e. The van der Waals surface area contributed by atoms with E-state index in [0.29, 0.717) is 35.9 Å². The van der Waals surface area contributed by atoms with Crippen LogP contribution in [-0.4, -0.2) is 39.3 Å². The Bertz CT molecular complexity index is 1700. The molecule has 218 valence electrons. The predicted octanol–water partition coefficient (Wildman–Crippen LogP) is 7.32. The van der Waals surface area contributed by atoms with Crippen molar-refractivity contribution in [2.45, 2.75) is 87.6 Å². The zero-order valence-corrected chi connectivity index (χ0v) is 23.5. The Balaban J connectivity index is 1.01. The molecule has 0 spiro atoms. The number of hydrogen-bond donors (Lipinski definition) is 2. The molecule has 7 nitrogen and oxygen atoms in total. The molecule has 3 aliphatic carbocycles. The van der Waals surface area contributed by atoms with Gasteiger partial charge < -0.3 is 19.8 Å². The summed E-state index contributed by atoms with van der Waals surface area (Å²) in [5.74, 6) is 0.416. The molecule has 2 atom stereocenters. The zero-order chi connectivity index (χ0) is 28.7. The van der Waals surface area contributed by atoms with Crippen LogP contribution >= 0.6 is 11.3 Å². The van der Waals surface area contributed by atoms with E-state index in [1.54, 1.807) is 29.5 Å². The summed E-state index contributed by atoms with van der Waals surface area (Å²) in [6, 6.07) is 9.97. The van der Waals surface area contributed by atoms with Gasteiger partial charge in [0.2, 0.25) is 0 Å².